The van der Waals surface area contributed by atoms with Crippen LogP contribution in [0.25, 0.3) is 11.0 Å². The molecule has 0 aliphatic heterocycles. The summed E-state index contributed by atoms with van der Waals surface area (Å²) in [4.78, 5) is 25.1. The first-order valence-corrected chi connectivity index (χ1v) is 14.9. The van der Waals surface area contributed by atoms with E-state index in [-0.39, 0.29) is 34.2 Å². The summed E-state index contributed by atoms with van der Waals surface area (Å²) < 4.78 is 75.9. The number of furan rings is 1. The van der Waals surface area contributed by atoms with E-state index in [1.165, 1.54) is 22.9 Å². The van der Waals surface area contributed by atoms with Gasteiger partial charge >= 0.3 is 21.5 Å². The molecule has 1 atom stereocenters. The number of anilines is 1. The van der Waals surface area contributed by atoms with Gasteiger partial charge in [-0.15, -0.1) is 0 Å². The first-order chi connectivity index (χ1) is 17.7. The van der Waals surface area contributed by atoms with Crippen LogP contribution in [-0.2, 0) is 21.2 Å². The average Bonchev–Trinajstić information content (AvgIpc) is 3.18. The van der Waals surface area contributed by atoms with Gasteiger partial charge in [0.25, 0.3) is 0 Å². The molecule has 1 heterocycles. The lowest BCUT2D eigenvalue weighted by Gasteiger charge is -2.17. The second-order valence-electron chi connectivity index (χ2n) is 8.22. The summed E-state index contributed by atoms with van der Waals surface area (Å²) in [6.07, 6.45) is 0.983. The lowest BCUT2D eigenvalue weighted by atomic mass is 9.98. The van der Waals surface area contributed by atoms with Crippen LogP contribution in [0.4, 0.5) is 18.9 Å². The Balaban J connectivity index is 2.11. The molecule has 206 valence electrons. The van der Waals surface area contributed by atoms with Gasteiger partial charge < -0.3 is 14.3 Å². The number of alkyl halides is 3. The smallest absolute Gasteiger partial charge is 0.479 e. The zero-order valence-electron chi connectivity index (χ0n) is 20.0. The maximum atomic E-state index is 13.7. The highest BCUT2D eigenvalue weighted by Crippen LogP contribution is 2.36. The van der Waals surface area contributed by atoms with Gasteiger partial charge in [0.2, 0.25) is 0 Å². The van der Waals surface area contributed by atoms with Crippen LogP contribution in [0, 0.1) is 7.14 Å². The minimum Gasteiger partial charge on any atom is -0.479 e. The van der Waals surface area contributed by atoms with Gasteiger partial charge in [-0.2, -0.15) is 21.6 Å². The van der Waals surface area contributed by atoms with Crippen molar-refractivity contribution >= 4 is 83.6 Å². The minimum absolute atomic E-state index is 0.110. The number of benzene rings is 2. The Morgan fingerprint density at radius 2 is 1.76 bits per heavy atom. The van der Waals surface area contributed by atoms with Crippen molar-refractivity contribution < 1.29 is 45.4 Å². The molecule has 0 fully saturated rings. The van der Waals surface area contributed by atoms with Crippen molar-refractivity contribution in [1.82, 2.24) is 0 Å². The van der Waals surface area contributed by atoms with Crippen molar-refractivity contribution in [3.8, 4) is 5.75 Å². The summed E-state index contributed by atoms with van der Waals surface area (Å²) in [5.41, 5.74) is -5.35. The molecule has 14 heteroatoms. The molecule has 3 rings (SSSR count). The fraction of sp³-hybridized carbons (Fsp3) is 0.333. The molecule has 0 radical (unpaired) electrons. The number of carboxylic acids is 1. The summed E-state index contributed by atoms with van der Waals surface area (Å²) in [6, 6.07) is 6.60. The maximum absolute atomic E-state index is 13.7. The predicted octanol–water partition coefficient (Wildman–Crippen LogP) is 6.72. The fourth-order valence-electron chi connectivity index (χ4n) is 3.59. The van der Waals surface area contributed by atoms with E-state index in [1.807, 2.05) is 52.1 Å². The van der Waals surface area contributed by atoms with Gasteiger partial charge in [-0.3, -0.25) is 9.52 Å². The van der Waals surface area contributed by atoms with Crippen molar-refractivity contribution in [2.24, 2.45) is 0 Å². The van der Waals surface area contributed by atoms with E-state index in [0.29, 0.717) is 31.5 Å². The lowest BCUT2D eigenvalue weighted by Crippen LogP contribution is -2.29. The molecule has 8 nitrogen and oxygen atoms in total. The van der Waals surface area contributed by atoms with Crippen LogP contribution in [0.15, 0.2) is 34.7 Å². The Hall–Kier alpha value is -2.08. The Kier molecular flexibility index (Phi) is 9.60. The number of rotatable bonds is 11. The highest BCUT2D eigenvalue weighted by atomic mass is 127. The number of hydrogen-bond acceptors (Lipinski definition) is 6. The first kappa shape index (κ1) is 30.5. The van der Waals surface area contributed by atoms with Gasteiger partial charge in [0.1, 0.15) is 17.1 Å². The molecular formula is C24H22F3I2NO7S. The summed E-state index contributed by atoms with van der Waals surface area (Å²) in [6.45, 7) is 3.61. The van der Waals surface area contributed by atoms with Crippen LogP contribution in [0.5, 0.6) is 5.75 Å². The number of halogens is 5. The molecule has 0 aliphatic rings. The van der Waals surface area contributed by atoms with Crippen LogP contribution >= 0.6 is 45.2 Å². The van der Waals surface area contributed by atoms with E-state index in [9.17, 15) is 36.3 Å². The molecule has 1 aromatic heterocycles. The van der Waals surface area contributed by atoms with Crippen LogP contribution in [-0.4, -0.2) is 36.9 Å². The number of ketones is 1. The van der Waals surface area contributed by atoms with Gasteiger partial charge in [-0.1, -0.05) is 20.3 Å². The zero-order chi connectivity index (χ0) is 28.4. The topological polar surface area (TPSA) is 123 Å². The van der Waals surface area contributed by atoms with Gasteiger partial charge in [0, 0.05) is 23.1 Å². The number of hydrogen-bond donors (Lipinski definition) is 2. The number of unbranched alkanes of at least 4 members (excludes halogenated alkanes) is 1. The number of carbonyl (C=O) groups excluding carboxylic acids is 1. The molecule has 0 saturated heterocycles. The van der Waals surface area contributed by atoms with Crippen molar-refractivity contribution in [2.75, 3.05) is 4.72 Å². The number of carbonyl (C=O) groups is 2. The molecule has 2 N–H and O–H groups in total. The molecular weight excluding hydrogens is 757 g/mol. The molecule has 38 heavy (non-hydrogen) atoms. The summed E-state index contributed by atoms with van der Waals surface area (Å²) in [7, 11) is -5.67. The molecule has 0 saturated carbocycles. The number of nitrogens with one attached hydrogen (secondary N) is 1. The van der Waals surface area contributed by atoms with Crippen molar-refractivity contribution in [3.63, 3.8) is 0 Å². The van der Waals surface area contributed by atoms with E-state index in [4.69, 9.17) is 9.15 Å². The van der Waals surface area contributed by atoms with Crippen molar-refractivity contribution in [2.45, 2.75) is 51.1 Å². The number of carboxylic acid groups (broad SMARTS) is 1. The Morgan fingerprint density at radius 3 is 2.29 bits per heavy atom. The van der Waals surface area contributed by atoms with Crippen LogP contribution in [0.1, 0.15) is 54.8 Å². The van der Waals surface area contributed by atoms with Gasteiger partial charge in [0.15, 0.2) is 11.9 Å². The lowest BCUT2D eigenvalue weighted by molar-refractivity contribution is -0.145. The van der Waals surface area contributed by atoms with Gasteiger partial charge in [-0.25, -0.2) is 4.79 Å². The Morgan fingerprint density at radius 1 is 1.13 bits per heavy atom. The van der Waals surface area contributed by atoms with E-state index in [1.54, 1.807) is 6.92 Å². The Bertz CT molecular complexity index is 1460. The molecule has 0 aliphatic carbocycles. The number of aliphatic carboxylic acids is 1. The van der Waals surface area contributed by atoms with Crippen LogP contribution in [0.3, 0.4) is 0 Å². The third kappa shape index (κ3) is 6.55. The maximum Gasteiger partial charge on any atom is 0.516 e. The van der Waals surface area contributed by atoms with Gasteiger partial charge in [0.05, 0.1) is 12.7 Å². The highest BCUT2D eigenvalue weighted by molar-refractivity contribution is 14.1. The van der Waals surface area contributed by atoms with Crippen LogP contribution in [0.2, 0.25) is 0 Å². The normalized spacial score (nSPS) is 12.9. The largest absolute Gasteiger partial charge is 0.516 e. The van der Waals surface area contributed by atoms with Gasteiger partial charge in [-0.05, 0) is 88.4 Å². The third-order valence-corrected chi connectivity index (χ3v) is 8.19. The molecule has 0 spiro atoms. The van der Waals surface area contributed by atoms with E-state index >= 15 is 0 Å². The molecule has 1 unspecified atom stereocenters. The minimum atomic E-state index is -5.67. The second kappa shape index (κ2) is 12.0. The highest BCUT2D eigenvalue weighted by Gasteiger charge is 2.46. The Labute approximate surface area is 243 Å². The van der Waals surface area contributed by atoms with E-state index < -0.39 is 33.4 Å². The molecule has 0 amide bonds. The molecule has 2 aromatic carbocycles. The summed E-state index contributed by atoms with van der Waals surface area (Å²) in [5.74, 6) is -0.978. The number of ether oxygens (including phenoxy) is 1. The van der Waals surface area contributed by atoms with E-state index in [0.717, 1.165) is 18.6 Å². The van der Waals surface area contributed by atoms with Crippen LogP contribution < -0.4 is 9.46 Å². The monoisotopic (exact) mass is 779 g/mol. The standard InChI is InChI=1S/C24H22F3I2NO7S/c1-3-5-6-19-20(14-11-13(7-8-18(14)36-19)30-38(34,35)24(25,26)27)21(31)12-9-15(28)22(16(29)10-12)37-17(4-2)23(32)33/h7-11,17,30H,3-6H2,1-2H3,(H,32,33). The second-order valence-corrected chi connectivity index (χ2v) is 12.2. The van der Waals surface area contributed by atoms with E-state index in [2.05, 4.69) is 0 Å². The van der Waals surface area contributed by atoms with Crippen molar-refractivity contribution in [3.05, 3.63) is 54.4 Å². The molecule has 3 aromatic rings. The fourth-order valence-corrected chi connectivity index (χ4v) is 6.16. The SMILES string of the molecule is CCCCc1oc2ccc(NS(=O)(=O)C(F)(F)F)cc2c1C(=O)c1cc(I)c(OC(CC)C(=O)O)c(I)c1. The van der Waals surface area contributed by atoms with Crippen molar-refractivity contribution in [1.29, 1.82) is 0 Å². The summed E-state index contributed by atoms with van der Waals surface area (Å²) in [5, 5.41) is 9.48. The summed E-state index contributed by atoms with van der Waals surface area (Å²) >= 11 is 3.86. The molecule has 0 bridgehead atoms. The number of fused-ring (bicyclic) bond motifs is 1. The average molecular weight is 779 g/mol. The zero-order valence-corrected chi connectivity index (χ0v) is 25.1. The first-order valence-electron chi connectivity index (χ1n) is 11.3. The number of sulfonamides is 1. The predicted molar refractivity (Wildman–Crippen MR) is 151 cm³/mol. The third-order valence-electron chi connectivity index (χ3n) is 5.47. The number of aryl methyl sites for hydroxylation is 1. The quantitative estimate of drug-likeness (QED) is 0.164.